The highest BCUT2D eigenvalue weighted by Gasteiger charge is 2.18. The number of benzene rings is 1. The van der Waals surface area contributed by atoms with Gasteiger partial charge >= 0.3 is 0 Å². The summed E-state index contributed by atoms with van der Waals surface area (Å²) in [4.78, 5) is 0.842. The summed E-state index contributed by atoms with van der Waals surface area (Å²) in [6, 6.07) is 7.54. The van der Waals surface area contributed by atoms with Crippen molar-refractivity contribution in [3.63, 3.8) is 0 Å². The van der Waals surface area contributed by atoms with Crippen molar-refractivity contribution in [3.05, 3.63) is 28.7 Å². The molecule has 0 radical (unpaired) electrons. The van der Waals surface area contributed by atoms with Gasteiger partial charge in [-0.25, -0.2) is 0 Å². The first kappa shape index (κ1) is 12.9. The molecule has 0 spiro atoms. The van der Waals surface area contributed by atoms with Gasteiger partial charge in [-0.15, -0.1) is 0 Å². The second kappa shape index (κ2) is 5.77. The third-order valence-electron chi connectivity index (χ3n) is 2.46. The summed E-state index contributed by atoms with van der Waals surface area (Å²) < 4.78 is 13.1. The molecule has 84 valence electrons. The summed E-state index contributed by atoms with van der Waals surface area (Å²) >= 11 is 3.35. The molecule has 4 heteroatoms. The Hall–Kier alpha value is -0.190. The van der Waals surface area contributed by atoms with E-state index in [1.807, 2.05) is 38.1 Å². The van der Waals surface area contributed by atoms with E-state index in [-0.39, 0.29) is 11.3 Å². The molecule has 2 N–H and O–H groups in total. The lowest BCUT2D eigenvalue weighted by Crippen LogP contribution is -2.34. The van der Waals surface area contributed by atoms with E-state index in [0.29, 0.717) is 0 Å². The number of halogens is 1. The molecule has 0 aromatic heterocycles. The molecular weight excluding hydrogens is 274 g/mol. The molecule has 3 unspecified atom stereocenters. The largest absolute Gasteiger partial charge is 0.327 e. The van der Waals surface area contributed by atoms with Gasteiger partial charge in [-0.2, -0.15) is 0 Å². The molecule has 2 nitrogen and oxygen atoms in total. The Bertz CT molecular complexity index is 339. The van der Waals surface area contributed by atoms with Crippen LogP contribution in [0, 0.1) is 0 Å². The highest BCUT2D eigenvalue weighted by molar-refractivity contribution is 9.10. The first-order chi connectivity index (χ1) is 7.06. The molecule has 1 aromatic carbocycles. The van der Waals surface area contributed by atoms with E-state index in [2.05, 4.69) is 15.9 Å². The Morgan fingerprint density at radius 2 is 1.93 bits per heavy atom. The van der Waals surface area contributed by atoms with Gasteiger partial charge in [0.25, 0.3) is 0 Å². The van der Waals surface area contributed by atoms with E-state index in [0.717, 1.165) is 15.8 Å². The SMILES string of the molecule is CCC(N)C(C)S(=O)c1ccc(Br)cc1. The van der Waals surface area contributed by atoms with Crippen molar-refractivity contribution < 1.29 is 4.21 Å². The van der Waals surface area contributed by atoms with Crippen molar-refractivity contribution in [2.45, 2.75) is 36.5 Å². The molecule has 0 aliphatic carbocycles. The molecule has 3 atom stereocenters. The van der Waals surface area contributed by atoms with Crippen LogP contribution in [0.25, 0.3) is 0 Å². The van der Waals surface area contributed by atoms with Crippen LogP contribution in [0.4, 0.5) is 0 Å². The smallest absolute Gasteiger partial charge is 0.0573 e. The molecule has 0 saturated heterocycles. The zero-order valence-corrected chi connectivity index (χ0v) is 11.3. The van der Waals surface area contributed by atoms with Gasteiger partial charge in [-0.1, -0.05) is 22.9 Å². The number of rotatable bonds is 4. The molecule has 0 aliphatic heterocycles. The standard InChI is InChI=1S/C11H16BrNOS/c1-3-11(13)8(2)15(14)10-6-4-9(12)5-7-10/h4-8,11H,3,13H2,1-2H3. The molecule has 0 aliphatic rings. The Morgan fingerprint density at radius 3 is 2.40 bits per heavy atom. The van der Waals surface area contributed by atoms with Gasteiger partial charge < -0.3 is 5.73 Å². The Labute approximate surface area is 102 Å². The second-order valence-electron chi connectivity index (χ2n) is 3.53. The van der Waals surface area contributed by atoms with Crippen molar-refractivity contribution in [3.8, 4) is 0 Å². The normalized spacial score (nSPS) is 17.1. The summed E-state index contributed by atoms with van der Waals surface area (Å²) in [6.07, 6.45) is 0.851. The third kappa shape index (κ3) is 3.40. The molecule has 0 bridgehead atoms. The van der Waals surface area contributed by atoms with Crippen LogP contribution in [-0.4, -0.2) is 15.5 Å². The quantitative estimate of drug-likeness (QED) is 0.926. The summed E-state index contributed by atoms with van der Waals surface area (Å²) in [5.74, 6) is 0. The zero-order valence-electron chi connectivity index (χ0n) is 8.94. The molecular formula is C11H16BrNOS. The molecule has 0 fully saturated rings. The van der Waals surface area contributed by atoms with Gasteiger partial charge in [0.05, 0.1) is 16.0 Å². The summed E-state index contributed by atoms with van der Waals surface area (Å²) in [5, 5.41) is -0.00354. The van der Waals surface area contributed by atoms with Crippen molar-refractivity contribution in [2.24, 2.45) is 5.73 Å². The van der Waals surface area contributed by atoms with Crippen molar-refractivity contribution in [2.75, 3.05) is 0 Å². The highest BCUT2D eigenvalue weighted by atomic mass is 79.9. The minimum atomic E-state index is -1.01. The summed E-state index contributed by atoms with van der Waals surface area (Å²) in [7, 11) is -1.01. The van der Waals surface area contributed by atoms with E-state index in [1.165, 1.54) is 0 Å². The lowest BCUT2D eigenvalue weighted by Gasteiger charge is -2.17. The first-order valence-electron chi connectivity index (χ1n) is 4.98. The van der Waals surface area contributed by atoms with Crippen LogP contribution in [0.5, 0.6) is 0 Å². The van der Waals surface area contributed by atoms with E-state index in [9.17, 15) is 4.21 Å². The Morgan fingerprint density at radius 1 is 1.40 bits per heavy atom. The Kier molecular flexibility index (Phi) is 4.96. The predicted octanol–water partition coefficient (Wildman–Crippen LogP) is 2.68. The molecule has 0 amide bonds. The van der Waals surface area contributed by atoms with Crippen LogP contribution in [-0.2, 0) is 10.8 Å². The second-order valence-corrected chi connectivity index (χ2v) is 6.25. The lowest BCUT2D eigenvalue weighted by atomic mass is 10.2. The van der Waals surface area contributed by atoms with Gasteiger partial charge in [0.1, 0.15) is 0 Å². The fourth-order valence-electron chi connectivity index (χ4n) is 1.27. The van der Waals surface area contributed by atoms with Gasteiger partial charge in [-0.05, 0) is 37.6 Å². The average molecular weight is 290 g/mol. The van der Waals surface area contributed by atoms with Gasteiger partial charge in [0.15, 0.2) is 0 Å². The van der Waals surface area contributed by atoms with Crippen LogP contribution in [0.2, 0.25) is 0 Å². The van der Waals surface area contributed by atoms with Crippen molar-refractivity contribution in [1.82, 2.24) is 0 Å². The molecule has 0 saturated carbocycles. The molecule has 0 heterocycles. The van der Waals surface area contributed by atoms with Crippen LogP contribution in [0.1, 0.15) is 20.3 Å². The topological polar surface area (TPSA) is 43.1 Å². The van der Waals surface area contributed by atoms with Crippen LogP contribution in [0.15, 0.2) is 33.6 Å². The summed E-state index contributed by atoms with van der Waals surface area (Å²) in [6.45, 7) is 3.95. The molecule has 1 rings (SSSR count). The average Bonchev–Trinajstić information content (AvgIpc) is 2.27. The summed E-state index contributed by atoms with van der Waals surface area (Å²) in [5.41, 5.74) is 5.88. The maximum atomic E-state index is 12.1. The van der Waals surface area contributed by atoms with Gasteiger partial charge in [0, 0.05) is 15.4 Å². The number of hydrogen-bond acceptors (Lipinski definition) is 2. The van der Waals surface area contributed by atoms with E-state index in [4.69, 9.17) is 5.73 Å². The molecule has 1 aromatic rings. The minimum absolute atomic E-state index is 0.00354. The third-order valence-corrected chi connectivity index (χ3v) is 4.75. The van der Waals surface area contributed by atoms with E-state index < -0.39 is 10.8 Å². The van der Waals surface area contributed by atoms with E-state index >= 15 is 0 Å². The number of hydrogen-bond donors (Lipinski definition) is 1. The van der Waals surface area contributed by atoms with Crippen LogP contribution < -0.4 is 5.73 Å². The monoisotopic (exact) mass is 289 g/mol. The fourth-order valence-corrected chi connectivity index (χ4v) is 2.88. The molecule has 15 heavy (non-hydrogen) atoms. The maximum absolute atomic E-state index is 12.1. The predicted molar refractivity (Wildman–Crippen MR) is 68.3 cm³/mol. The Balaban J connectivity index is 2.80. The van der Waals surface area contributed by atoms with Gasteiger partial charge in [0.2, 0.25) is 0 Å². The lowest BCUT2D eigenvalue weighted by molar-refractivity contribution is 0.610. The number of nitrogens with two attached hydrogens (primary N) is 1. The fraction of sp³-hybridized carbons (Fsp3) is 0.455. The van der Waals surface area contributed by atoms with Gasteiger partial charge in [-0.3, -0.25) is 4.21 Å². The highest BCUT2D eigenvalue weighted by Crippen LogP contribution is 2.17. The van der Waals surface area contributed by atoms with Crippen LogP contribution >= 0.6 is 15.9 Å². The van der Waals surface area contributed by atoms with Crippen molar-refractivity contribution >= 4 is 26.7 Å². The van der Waals surface area contributed by atoms with E-state index in [1.54, 1.807) is 0 Å². The first-order valence-corrected chi connectivity index (χ1v) is 6.98. The zero-order chi connectivity index (χ0) is 11.4. The van der Waals surface area contributed by atoms with Crippen LogP contribution in [0.3, 0.4) is 0 Å². The minimum Gasteiger partial charge on any atom is -0.327 e. The van der Waals surface area contributed by atoms with Crippen molar-refractivity contribution in [1.29, 1.82) is 0 Å². The maximum Gasteiger partial charge on any atom is 0.0573 e.